The van der Waals surface area contributed by atoms with E-state index in [0.29, 0.717) is 0 Å². The normalized spacial score (nSPS) is 12.7. The fourth-order valence-corrected chi connectivity index (χ4v) is 3.58. The SMILES string of the molecule is CCNC(c1ccccc1Cl)c1sc(C)cc1C. The molecule has 0 saturated heterocycles. The van der Waals surface area contributed by atoms with Gasteiger partial charge in [-0.25, -0.2) is 0 Å². The molecule has 0 radical (unpaired) electrons. The van der Waals surface area contributed by atoms with Crippen LogP contribution < -0.4 is 5.32 Å². The molecule has 1 heterocycles. The van der Waals surface area contributed by atoms with Crippen LogP contribution in [0.15, 0.2) is 30.3 Å². The Morgan fingerprint density at radius 2 is 2.00 bits per heavy atom. The van der Waals surface area contributed by atoms with Crippen LogP contribution in [0.3, 0.4) is 0 Å². The monoisotopic (exact) mass is 279 g/mol. The smallest absolute Gasteiger partial charge is 0.0688 e. The van der Waals surface area contributed by atoms with Crippen LogP contribution >= 0.6 is 22.9 Å². The number of thiophene rings is 1. The second-order valence-electron chi connectivity index (χ2n) is 4.42. The van der Waals surface area contributed by atoms with Gasteiger partial charge in [-0.15, -0.1) is 11.3 Å². The lowest BCUT2D eigenvalue weighted by molar-refractivity contribution is 0.637. The third-order valence-corrected chi connectivity index (χ3v) is 4.53. The first-order valence-electron chi connectivity index (χ1n) is 6.18. The Kier molecular flexibility index (Phi) is 4.44. The van der Waals surface area contributed by atoms with Gasteiger partial charge in [-0.3, -0.25) is 0 Å². The molecule has 3 heteroatoms. The van der Waals surface area contributed by atoms with Crippen LogP contribution in [0.4, 0.5) is 0 Å². The average Bonchev–Trinajstić information content (AvgIpc) is 2.66. The number of hydrogen-bond donors (Lipinski definition) is 1. The molecule has 0 bridgehead atoms. The molecular formula is C15H18ClNS. The van der Waals surface area contributed by atoms with E-state index in [0.717, 1.165) is 17.1 Å². The minimum atomic E-state index is 0.197. The number of hydrogen-bond acceptors (Lipinski definition) is 2. The van der Waals surface area contributed by atoms with Crippen LogP contribution in [0.2, 0.25) is 5.02 Å². The van der Waals surface area contributed by atoms with Gasteiger partial charge >= 0.3 is 0 Å². The zero-order chi connectivity index (χ0) is 13.1. The third-order valence-electron chi connectivity index (χ3n) is 2.97. The van der Waals surface area contributed by atoms with Crippen molar-refractivity contribution >= 4 is 22.9 Å². The molecule has 0 fully saturated rings. The van der Waals surface area contributed by atoms with Crippen LogP contribution in [-0.2, 0) is 0 Å². The van der Waals surface area contributed by atoms with Crippen molar-refractivity contribution in [3.8, 4) is 0 Å². The van der Waals surface area contributed by atoms with Crippen molar-refractivity contribution in [2.24, 2.45) is 0 Å². The highest BCUT2D eigenvalue weighted by atomic mass is 35.5. The standard InChI is InChI=1S/C15H18ClNS/c1-4-17-14(12-7-5-6-8-13(12)16)15-10(2)9-11(3)18-15/h5-9,14,17H,4H2,1-3H3. The number of aryl methyl sites for hydroxylation is 2. The Hall–Kier alpha value is -0.830. The van der Waals surface area contributed by atoms with E-state index < -0.39 is 0 Å². The van der Waals surface area contributed by atoms with Gasteiger partial charge in [-0.1, -0.05) is 36.7 Å². The summed E-state index contributed by atoms with van der Waals surface area (Å²) >= 11 is 8.17. The summed E-state index contributed by atoms with van der Waals surface area (Å²) in [5.74, 6) is 0. The molecule has 0 aliphatic heterocycles. The highest BCUT2D eigenvalue weighted by Crippen LogP contribution is 2.34. The Morgan fingerprint density at radius 1 is 1.28 bits per heavy atom. The predicted octanol–water partition coefficient (Wildman–Crippen LogP) is 4.72. The minimum Gasteiger partial charge on any atom is -0.306 e. The van der Waals surface area contributed by atoms with E-state index in [9.17, 15) is 0 Å². The van der Waals surface area contributed by atoms with E-state index >= 15 is 0 Å². The van der Waals surface area contributed by atoms with Crippen LogP contribution in [0.25, 0.3) is 0 Å². The molecule has 1 atom stereocenters. The summed E-state index contributed by atoms with van der Waals surface area (Å²) in [5, 5.41) is 4.36. The molecule has 1 aromatic heterocycles. The second-order valence-corrected chi connectivity index (χ2v) is 6.11. The summed E-state index contributed by atoms with van der Waals surface area (Å²) in [5.41, 5.74) is 2.49. The van der Waals surface area contributed by atoms with Gasteiger partial charge in [0, 0.05) is 14.8 Å². The van der Waals surface area contributed by atoms with Crippen LogP contribution in [0.1, 0.15) is 33.8 Å². The maximum atomic E-state index is 6.33. The Balaban J connectivity index is 2.46. The lowest BCUT2D eigenvalue weighted by Gasteiger charge is -2.19. The fraction of sp³-hybridized carbons (Fsp3) is 0.333. The van der Waals surface area contributed by atoms with Gasteiger partial charge in [-0.2, -0.15) is 0 Å². The van der Waals surface area contributed by atoms with Crippen molar-refractivity contribution in [3.05, 3.63) is 56.2 Å². The first-order valence-corrected chi connectivity index (χ1v) is 7.37. The number of nitrogens with one attached hydrogen (secondary N) is 1. The molecular weight excluding hydrogens is 262 g/mol. The first kappa shape index (κ1) is 13.6. The van der Waals surface area contributed by atoms with Crippen LogP contribution in [0, 0.1) is 13.8 Å². The highest BCUT2D eigenvalue weighted by Gasteiger charge is 2.19. The zero-order valence-corrected chi connectivity index (χ0v) is 12.5. The molecule has 18 heavy (non-hydrogen) atoms. The van der Waals surface area contributed by atoms with Gasteiger partial charge in [0.1, 0.15) is 0 Å². The molecule has 0 saturated carbocycles. The van der Waals surface area contributed by atoms with Crippen molar-refractivity contribution in [3.63, 3.8) is 0 Å². The molecule has 1 aromatic carbocycles. The van der Waals surface area contributed by atoms with E-state index in [-0.39, 0.29) is 6.04 Å². The van der Waals surface area contributed by atoms with E-state index in [4.69, 9.17) is 11.6 Å². The second kappa shape index (κ2) is 5.87. The number of rotatable bonds is 4. The largest absolute Gasteiger partial charge is 0.306 e. The lowest BCUT2D eigenvalue weighted by atomic mass is 10.0. The lowest BCUT2D eigenvalue weighted by Crippen LogP contribution is -2.22. The summed E-state index contributed by atoms with van der Waals surface area (Å²) in [6.45, 7) is 7.36. The van der Waals surface area contributed by atoms with Crippen molar-refractivity contribution in [2.45, 2.75) is 26.8 Å². The van der Waals surface area contributed by atoms with Crippen molar-refractivity contribution in [2.75, 3.05) is 6.54 Å². The zero-order valence-electron chi connectivity index (χ0n) is 11.0. The highest BCUT2D eigenvalue weighted by molar-refractivity contribution is 7.12. The molecule has 1 nitrogen and oxygen atoms in total. The molecule has 96 valence electrons. The van der Waals surface area contributed by atoms with Crippen molar-refractivity contribution in [1.29, 1.82) is 0 Å². The maximum Gasteiger partial charge on any atom is 0.0688 e. The topological polar surface area (TPSA) is 12.0 Å². The van der Waals surface area contributed by atoms with E-state index in [1.54, 1.807) is 0 Å². The van der Waals surface area contributed by atoms with Crippen LogP contribution in [-0.4, -0.2) is 6.54 Å². The molecule has 2 rings (SSSR count). The van der Waals surface area contributed by atoms with Gasteiger partial charge in [-0.05, 0) is 43.7 Å². The van der Waals surface area contributed by atoms with Crippen molar-refractivity contribution in [1.82, 2.24) is 5.32 Å². The molecule has 1 N–H and O–H groups in total. The Morgan fingerprint density at radius 3 is 2.56 bits per heavy atom. The number of benzene rings is 1. The average molecular weight is 280 g/mol. The summed E-state index contributed by atoms with van der Waals surface area (Å²) < 4.78 is 0. The number of halogens is 1. The van der Waals surface area contributed by atoms with Gasteiger partial charge in [0.15, 0.2) is 0 Å². The predicted molar refractivity (Wildman–Crippen MR) is 80.8 cm³/mol. The van der Waals surface area contributed by atoms with Crippen LogP contribution in [0.5, 0.6) is 0 Å². The Labute approximate surface area is 118 Å². The summed E-state index contributed by atoms with van der Waals surface area (Å²) in [6.07, 6.45) is 0. The summed E-state index contributed by atoms with van der Waals surface area (Å²) in [6, 6.07) is 10.5. The van der Waals surface area contributed by atoms with Crippen molar-refractivity contribution < 1.29 is 0 Å². The first-order chi connectivity index (χ1) is 8.63. The van der Waals surface area contributed by atoms with Gasteiger partial charge in [0.05, 0.1) is 6.04 Å². The minimum absolute atomic E-state index is 0.197. The van der Waals surface area contributed by atoms with Gasteiger partial charge < -0.3 is 5.32 Å². The molecule has 0 aliphatic carbocycles. The summed E-state index contributed by atoms with van der Waals surface area (Å²) in [7, 11) is 0. The van der Waals surface area contributed by atoms with E-state index in [1.807, 2.05) is 29.5 Å². The molecule has 2 aromatic rings. The Bertz CT molecular complexity index is 533. The van der Waals surface area contributed by atoms with Gasteiger partial charge in [0.25, 0.3) is 0 Å². The molecule has 0 spiro atoms. The molecule has 0 amide bonds. The summed E-state index contributed by atoms with van der Waals surface area (Å²) in [4.78, 5) is 2.71. The van der Waals surface area contributed by atoms with E-state index in [1.165, 1.54) is 15.3 Å². The quantitative estimate of drug-likeness (QED) is 0.854. The fourth-order valence-electron chi connectivity index (χ4n) is 2.20. The molecule has 0 aliphatic rings. The third kappa shape index (κ3) is 2.77. The van der Waals surface area contributed by atoms with E-state index in [2.05, 4.69) is 38.2 Å². The molecule has 1 unspecified atom stereocenters. The van der Waals surface area contributed by atoms with Gasteiger partial charge in [0.2, 0.25) is 0 Å². The maximum absolute atomic E-state index is 6.33.